The second-order valence-electron chi connectivity index (χ2n) is 9.28. The van der Waals surface area contributed by atoms with Gasteiger partial charge in [-0.2, -0.15) is 5.10 Å². The van der Waals surface area contributed by atoms with Gasteiger partial charge >= 0.3 is 11.2 Å². The fraction of sp³-hybridized carbons (Fsp3) is 0.357. The summed E-state index contributed by atoms with van der Waals surface area (Å²) in [5.74, 6) is 0. The minimum atomic E-state index is -0.696. The van der Waals surface area contributed by atoms with E-state index in [2.05, 4.69) is 72.8 Å². The van der Waals surface area contributed by atoms with Crippen LogP contribution < -0.4 is 5.56 Å². The highest BCUT2D eigenvalue weighted by molar-refractivity contribution is 9.11. The predicted molar refractivity (Wildman–Crippen MR) is 186 cm³/mol. The number of fused-ring (bicyclic) bond motifs is 1. The van der Waals surface area contributed by atoms with Crippen LogP contribution in [0.3, 0.4) is 0 Å². The maximum absolute atomic E-state index is 10.9. The molecule has 0 atom stereocenters. The van der Waals surface area contributed by atoms with Gasteiger partial charge in [-0.25, -0.2) is 0 Å². The summed E-state index contributed by atoms with van der Waals surface area (Å²) in [6.07, 6.45) is 10.6. The number of nitrogens with one attached hydrogen (secondary N) is 2. The zero-order chi connectivity index (χ0) is 33.0. The standard InChI is InChI=1S/C9H11BrN4O2.C8H7BrN2.C6H5BrN2O3.C4H8O.CH4/c1-6-9(14(15)16)7(4-12-13(2)3)8(10)5-11-6;1-5-8-6(2-3-10-8)7(9)4-11-5;1-3-4(7)2-8-6(10)5(3)9(11)12;1-2-4-5-3-1;/h4-5H,1-3H3;2-4,10H,1H3;2H,1H3,(H,8,10);1-4H2;1H4/b12-4+;;;;. The third kappa shape index (κ3) is 11.7. The van der Waals surface area contributed by atoms with Gasteiger partial charge in [-0.3, -0.25) is 35.0 Å². The lowest BCUT2D eigenvalue weighted by molar-refractivity contribution is -0.387. The number of hydrazone groups is 1. The van der Waals surface area contributed by atoms with Crippen molar-refractivity contribution < 1.29 is 14.6 Å². The first-order valence-corrected chi connectivity index (χ1v) is 15.3. The van der Waals surface area contributed by atoms with E-state index in [4.69, 9.17) is 4.74 Å². The number of pyridine rings is 3. The first-order valence-electron chi connectivity index (χ1n) is 12.9. The number of halogens is 3. The van der Waals surface area contributed by atoms with Crippen molar-refractivity contribution in [2.75, 3.05) is 27.3 Å². The molecule has 14 nitrogen and oxygen atoms in total. The van der Waals surface area contributed by atoms with Gasteiger partial charge in [0, 0.05) is 72.0 Å². The quantitative estimate of drug-likeness (QED) is 0.120. The van der Waals surface area contributed by atoms with E-state index in [1.165, 1.54) is 43.8 Å². The molecular formula is C28H35Br3N8O6. The van der Waals surface area contributed by atoms with Crippen LogP contribution >= 0.6 is 47.8 Å². The Kier molecular flexibility index (Phi) is 16.7. The molecule has 0 aromatic carbocycles. The van der Waals surface area contributed by atoms with E-state index in [0.717, 1.165) is 28.9 Å². The van der Waals surface area contributed by atoms with Crippen LogP contribution in [-0.2, 0) is 4.74 Å². The number of aryl methyl sites for hydroxylation is 2. The number of nitro groups is 2. The fourth-order valence-corrected chi connectivity index (χ4v) is 4.72. The molecule has 0 aliphatic carbocycles. The third-order valence-corrected chi connectivity index (χ3v) is 7.92. The van der Waals surface area contributed by atoms with Crippen LogP contribution in [-0.4, -0.2) is 68.3 Å². The fourth-order valence-electron chi connectivity index (χ4n) is 3.59. The maximum atomic E-state index is 10.9. The zero-order valence-electron chi connectivity index (χ0n) is 24.6. The number of H-pyrrole nitrogens is 2. The molecule has 0 radical (unpaired) electrons. The molecule has 5 heterocycles. The summed E-state index contributed by atoms with van der Waals surface area (Å²) in [7, 11) is 3.48. The van der Waals surface area contributed by atoms with Crippen molar-refractivity contribution in [1.82, 2.24) is 24.9 Å². The topological polar surface area (TPSA) is 186 Å². The van der Waals surface area contributed by atoms with Crippen molar-refractivity contribution in [3.8, 4) is 0 Å². The van der Waals surface area contributed by atoms with Gasteiger partial charge in [0.15, 0.2) is 0 Å². The van der Waals surface area contributed by atoms with Gasteiger partial charge in [-0.1, -0.05) is 7.43 Å². The molecule has 45 heavy (non-hydrogen) atoms. The van der Waals surface area contributed by atoms with Gasteiger partial charge in [0.2, 0.25) is 0 Å². The lowest BCUT2D eigenvalue weighted by Gasteiger charge is -2.05. The normalized spacial score (nSPS) is 11.7. The van der Waals surface area contributed by atoms with Gasteiger partial charge < -0.3 is 19.7 Å². The Hall–Kier alpha value is -3.54. The molecule has 1 fully saturated rings. The van der Waals surface area contributed by atoms with Crippen molar-refractivity contribution in [2.24, 2.45) is 5.10 Å². The molecule has 1 aliphatic rings. The van der Waals surface area contributed by atoms with Crippen LogP contribution in [0.15, 0.2) is 54.2 Å². The number of ether oxygens (including phenoxy) is 1. The molecule has 4 aromatic heterocycles. The molecule has 1 saturated heterocycles. The maximum Gasteiger partial charge on any atom is 0.337 e. The Morgan fingerprint density at radius 1 is 0.933 bits per heavy atom. The van der Waals surface area contributed by atoms with Crippen molar-refractivity contribution in [2.45, 2.75) is 41.0 Å². The molecule has 0 bridgehead atoms. The monoisotopic (exact) mass is 816 g/mol. The average molecular weight is 819 g/mol. The molecule has 2 N–H and O–H groups in total. The van der Waals surface area contributed by atoms with Crippen molar-refractivity contribution >= 4 is 76.3 Å². The minimum Gasteiger partial charge on any atom is -0.381 e. The molecule has 0 spiro atoms. The largest absolute Gasteiger partial charge is 0.381 e. The molecule has 244 valence electrons. The summed E-state index contributed by atoms with van der Waals surface area (Å²) in [6.45, 7) is 7.10. The van der Waals surface area contributed by atoms with Crippen LogP contribution in [0, 0.1) is 41.0 Å². The van der Waals surface area contributed by atoms with Crippen LogP contribution in [0.2, 0.25) is 0 Å². The number of aromatic nitrogens is 4. The Morgan fingerprint density at radius 2 is 1.51 bits per heavy atom. The van der Waals surface area contributed by atoms with E-state index in [9.17, 15) is 25.0 Å². The molecule has 5 rings (SSSR count). The second kappa shape index (κ2) is 19.1. The van der Waals surface area contributed by atoms with E-state index in [0.29, 0.717) is 25.8 Å². The van der Waals surface area contributed by atoms with Gasteiger partial charge in [0.25, 0.3) is 5.69 Å². The van der Waals surface area contributed by atoms with Crippen LogP contribution in [0.4, 0.5) is 11.4 Å². The molecule has 17 heteroatoms. The number of hydrogen-bond acceptors (Lipinski definition) is 10. The van der Waals surface area contributed by atoms with Crippen molar-refractivity contribution in [3.63, 3.8) is 0 Å². The number of aromatic amines is 2. The summed E-state index contributed by atoms with van der Waals surface area (Å²) in [6, 6.07) is 2.04. The highest BCUT2D eigenvalue weighted by atomic mass is 79.9. The summed E-state index contributed by atoms with van der Waals surface area (Å²) < 4.78 is 7.06. The first kappa shape index (κ1) is 39.5. The van der Waals surface area contributed by atoms with Crippen molar-refractivity contribution in [3.05, 3.63) is 97.4 Å². The summed E-state index contributed by atoms with van der Waals surface area (Å²) >= 11 is 9.72. The molecule has 0 unspecified atom stereocenters. The summed E-state index contributed by atoms with van der Waals surface area (Å²) in [5, 5.41) is 28.0. The van der Waals surface area contributed by atoms with E-state index >= 15 is 0 Å². The smallest absolute Gasteiger partial charge is 0.337 e. The van der Waals surface area contributed by atoms with Crippen LogP contribution in [0.25, 0.3) is 10.9 Å². The second-order valence-corrected chi connectivity index (χ2v) is 11.8. The predicted octanol–water partition coefficient (Wildman–Crippen LogP) is 7.38. The lowest BCUT2D eigenvalue weighted by Crippen LogP contribution is -2.12. The molecule has 4 aromatic rings. The highest BCUT2D eigenvalue weighted by Gasteiger charge is 2.20. The number of hydrogen-bond donors (Lipinski definition) is 2. The van der Waals surface area contributed by atoms with Gasteiger partial charge in [0.05, 0.1) is 37.3 Å². The summed E-state index contributed by atoms with van der Waals surface area (Å²) in [4.78, 5) is 44.5. The van der Waals surface area contributed by atoms with Gasteiger partial charge in [0.1, 0.15) is 5.69 Å². The zero-order valence-corrected chi connectivity index (χ0v) is 29.3. The SMILES string of the molecule is C.C1CCOC1.Cc1c(Br)c[nH]c(=O)c1[N+](=O)[O-].Cc1ncc(Br)c(/C=N/N(C)C)c1[N+](=O)[O-].Cc1ncc(Br)c2cc[nH]c12. The first-order chi connectivity index (χ1) is 20.8. The molecule has 1 aliphatic heterocycles. The van der Waals surface area contributed by atoms with Crippen LogP contribution in [0.1, 0.15) is 42.8 Å². The third-order valence-electron chi connectivity index (χ3n) is 5.83. The van der Waals surface area contributed by atoms with E-state index in [1.54, 1.807) is 26.0 Å². The molecule has 0 saturated carbocycles. The van der Waals surface area contributed by atoms with Crippen LogP contribution in [0.5, 0.6) is 0 Å². The molecule has 0 amide bonds. The Labute approximate surface area is 285 Å². The Bertz CT molecular complexity index is 1640. The number of nitrogens with zero attached hydrogens (tertiary/aromatic N) is 6. The lowest BCUT2D eigenvalue weighted by atomic mass is 10.2. The van der Waals surface area contributed by atoms with E-state index in [-0.39, 0.29) is 13.1 Å². The average Bonchev–Trinajstić information content (AvgIpc) is 3.70. The van der Waals surface area contributed by atoms with Crippen molar-refractivity contribution in [1.29, 1.82) is 0 Å². The van der Waals surface area contributed by atoms with E-state index in [1.807, 2.05) is 25.4 Å². The van der Waals surface area contributed by atoms with E-state index < -0.39 is 21.1 Å². The Balaban J connectivity index is 0.000000313. The van der Waals surface area contributed by atoms with Gasteiger partial charge in [-0.05, 0) is 87.5 Å². The summed E-state index contributed by atoms with van der Waals surface area (Å²) in [5.41, 5.74) is 2.15. The Morgan fingerprint density at radius 3 is 2.00 bits per heavy atom. The molecular weight excluding hydrogens is 784 g/mol. The number of rotatable bonds is 4. The van der Waals surface area contributed by atoms with Gasteiger partial charge in [-0.15, -0.1) is 0 Å². The highest BCUT2D eigenvalue weighted by Crippen LogP contribution is 2.27. The minimum absolute atomic E-state index is 0.